The third kappa shape index (κ3) is 4.32. The van der Waals surface area contributed by atoms with Crippen LogP contribution in [0.5, 0.6) is 5.75 Å². The van der Waals surface area contributed by atoms with Gasteiger partial charge in [-0.25, -0.2) is 14.4 Å². The van der Waals surface area contributed by atoms with E-state index in [4.69, 9.17) is 26.2 Å². The molecule has 3 fully saturated rings. The Balaban J connectivity index is 1.25. The van der Waals surface area contributed by atoms with Crippen LogP contribution >= 0.6 is 0 Å². The van der Waals surface area contributed by atoms with Gasteiger partial charge >= 0.3 is 0 Å². The molecule has 2 saturated carbocycles. The number of methoxy groups -OCH3 is 1. The van der Waals surface area contributed by atoms with Crippen molar-refractivity contribution in [2.75, 3.05) is 13.7 Å². The van der Waals surface area contributed by atoms with Gasteiger partial charge < -0.3 is 30.2 Å². The van der Waals surface area contributed by atoms with Gasteiger partial charge in [-0.15, -0.1) is 0 Å². The second-order valence-electron chi connectivity index (χ2n) is 12.7. The lowest BCUT2D eigenvalue weighted by Crippen LogP contribution is -2.41. The van der Waals surface area contributed by atoms with Gasteiger partial charge in [0.2, 0.25) is 0 Å². The molecular weight excluding hydrogens is 573 g/mol. The number of pyridine rings is 1. The predicted molar refractivity (Wildman–Crippen MR) is 168 cm³/mol. The maximum atomic E-state index is 15.3. The second-order valence-corrected chi connectivity index (χ2v) is 12.7. The molecule has 230 valence electrons. The quantitative estimate of drug-likeness (QED) is 0.280. The monoisotopic (exact) mass is 607 g/mol. The Labute approximate surface area is 258 Å². The average molecular weight is 608 g/mol. The smallest absolute Gasteiger partial charge is 0.254 e. The van der Waals surface area contributed by atoms with Gasteiger partial charge in [0, 0.05) is 48.7 Å². The first-order chi connectivity index (χ1) is 21.7. The van der Waals surface area contributed by atoms with Gasteiger partial charge in [-0.3, -0.25) is 9.59 Å². The van der Waals surface area contributed by atoms with Crippen LogP contribution in [0.3, 0.4) is 0 Å². The molecule has 3 unspecified atom stereocenters. The van der Waals surface area contributed by atoms with Crippen molar-refractivity contribution >= 4 is 33.9 Å². The van der Waals surface area contributed by atoms with E-state index in [9.17, 15) is 9.59 Å². The van der Waals surface area contributed by atoms with Gasteiger partial charge in [-0.05, 0) is 80.0 Å². The summed E-state index contributed by atoms with van der Waals surface area (Å²) in [5.74, 6) is 0.588. The molecule has 4 heterocycles. The molecular formula is C34H34FN7O3. The van der Waals surface area contributed by atoms with E-state index in [0.29, 0.717) is 52.4 Å². The lowest BCUT2D eigenvalue weighted by molar-refractivity contribution is 0.0700. The fourth-order valence-electron chi connectivity index (χ4n) is 7.39. The SMILES string of the molecule is COc1cc(C(=O)N2CC3CCC2C3N)cc2nc(-c3cc4ccc(-c5cccc(C(N)=O)c5F)nc4n3CC3CC3)n(C)c12. The first-order valence-electron chi connectivity index (χ1n) is 15.4. The number of piperidine rings is 1. The van der Waals surface area contributed by atoms with E-state index in [1.54, 1.807) is 31.4 Å². The number of nitrogens with two attached hydrogens (primary N) is 2. The largest absolute Gasteiger partial charge is 0.494 e. The topological polar surface area (TPSA) is 134 Å². The van der Waals surface area contributed by atoms with Crippen LogP contribution in [-0.4, -0.2) is 61.6 Å². The molecule has 1 aliphatic heterocycles. The standard InChI is InChI=1S/C34H34FN7O3/c1-40-30-24(12-20(14-27(30)45-2)34(44)42-16-19-9-11-25(42)29(19)36)39-33(40)26-13-18-8-10-23(38-32(18)41(26)15-17-6-7-17)21-4-3-5-22(28(21)35)31(37)43/h3-5,8,10,12-14,17,19,25,29H,6-7,9,11,15-16,36H2,1-2H3,(H2,37,43). The van der Waals surface area contributed by atoms with Crippen molar-refractivity contribution in [3.8, 4) is 28.5 Å². The maximum Gasteiger partial charge on any atom is 0.254 e. The fourth-order valence-corrected chi connectivity index (χ4v) is 7.39. The van der Waals surface area contributed by atoms with Crippen LogP contribution in [0.2, 0.25) is 0 Å². The summed E-state index contributed by atoms with van der Waals surface area (Å²) in [4.78, 5) is 37.4. The average Bonchev–Trinajstić information content (AvgIpc) is 3.44. The summed E-state index contributed by atoms with van der Waals surface area (Å²) in [5, 5.41) is 0.885. The molecule has 11 heteroatoms. The summed E-state index contributed by atoms with van der Waals surface area (Å²) in [5.41, 5.74) is 15.8. The van der Waals surface area contributed by atoms with Crippen LogP contribution in [0.1, 0.15) is 46.4 Å². The molecule has 0 spiro atoms. The predicted octanol–water partition coefficient (Wildman–Crippen LogP) is 4.48. The lowest BCUT2D eigenvalue weighted by atomic mass is 10.1. The van der Waals surface area contributed by atoms with Crippen molar-refractivity contribution in [1.82, 2.24) is 24.0 Å². The Morgan fingerprint density at radius 1 is 1.07 bits per heavy atom. The molecule has 3 atom stereocenters. The summed E-state index contributed by atoms with van der Waals surface area (Å²) in [6.07, 6.45) is 4.26. The zero-order valence-corrected chi connectivity index (χ0v) is 25.2. The fraction of sp³-hybridized carbons (Fsp3) is 0.353. The van der Waals surface area contributed by atoms with Crippen LogP contribution in [0.4, 0.5) is 4.39 Å². The molecule has 5 aromatic rings. The van der Waals surface area contributed by atoms with E-state index in [0.717, 1.165) is 48.8 Å². The van der Waals surface area contributed by atoms with E-state index in [1.165, 1.54) is 6.07 Å². The summed E-state index contributed by atoms with van der Waals surface area (Å²) < 4.78 is 25.2. The molecule has 2 amide bonds. The Morgan fingerprint density at radius 2 is 1.89 bits per heavy atom. The van der Waals surface area contributed by atoms with Gasteiger partial charge in [0.05, 0.1) is 29.6 Å². The van der Waals surface area contributed by atoms with Crippen LogP contribution in [0, 0.1) is 17.7 Å². The molecule has 3 aliphatic rings. The number of carbonyl (C=O) groups excluding carboxylic acids is 2. The van der Waals surface area contributed by atoms with Crippen LogP contribution in [0.15, 0.2) is 48.5 Å². The number of nitrogens with zero attached hydrogens (tertiary/aromatic N) is 5. The van der Waals surface area contributed by atoms with Crippen molar-refractivity contribution in [3.05, 3.63) is 65.5 Å². The number of imidazole rings is 1. The third-order valence-corrected chi connectivity index (χ3v) is 9.97. The normalized spacial score (nSPS) is 20.9. The van der Waals surface area contributed by atoms with Crippen molar-refractivity contribution < 1.29 is 18.7 Å². The number of benzene rings is 2. The van der Waals surface area contributed by atoms with E-state index >= 15 is 4.39 Å². The van der Waals surface area contributed by atoms with Crippen molar-refractivity contribution in [1.29, 1.82) is 0 Å². The number of rotatable bonds is 7. The minimum absolute atomic E-state index is 0.0344. The molecule has 2 aliphatic carbocycles. The highest BCUT2D eigenvalue weighted by Crippen LogP contribution is 2.40. The highest BCUT2D eigenvalue weighted by Gasteiger charge is 2.47. The number of amides is 2. The van der Waals surface area contributed by atoms with Crippen LogP contribution in [0.25, 0.3) is 44.8 Å². The van der Waals surface area contributed by atoms with E-state index < -0.39 is 11.7 Å². The first kappa shape index (κ1) is 27.8. The minimum Gasteiger partial charge on any atom is -0.494 e. The van der Waals surface area contributed by atoms with Gasteiger partial charge in [0.15, 0.2) is 5.82 Å². The minimum atomic E-state index is -0.826. The third-order valence-electron chi connectivity index (χ3n) is 9.97. The van der Waals surface area contributed by atoms with Gasteiger partial charge in [0.1, 0.15) is 22.7 Å². The number of hydrogen-bond acceptors (Lipinski definition) is 6. The summed E-state index contributed by atoms with van der Waals surface area (Å²) in [6, 6.07) is 14.0. The number of primary amides is 1. The number of aryl methyl sites for hydroxylation is 1. The molecule has 2 aromatic carbocycles. The van der Waals surface area contributed by atoms with E-state index in [-0.39, 0.29) is 29.1 Å². The molecule has 0 radical (unpaired) electrons. The Morgan fingerprint density at radius 3 is 2.58 bits per heavy atom. The van der Waals surface area contributed by atoms with Crippen LogP contribution in [-0.2, 0) is 13.6 Å². The lowest BCUT2D eigenvalue weighted by Gasteiger charge is -2.27. The zero-order valence-electron chi connectivity index (χ0n) is 25.2. The molecule has 8 rings (SSSR count). The number of hydrogen-bond donors (Lipinski definition) is 2. The van der Waals surface area contributed by atoms with Gasteiger partial charge in [-0.2, -0.15) is 0 Å². The molecule has 45 heavy (non-hydrogen) atoms. The number of carbonyl (C=O) groups is 2. The maximum absolute atomic E-state index is 15.3. The highest BCUT2D eigenvalue weighted by atomic mass is 19.1. The van der Waals surface area contributed by atoms with Crippen LogP contribution < -0.4 is 16.2 Å². The number of likely N-dealkylation sites (tertiary alicyclic amines) is 1. The first-order valence-corrected chi connectivity index (χ1v) is 15.4. The number of ether oxygens (including phenoxy) is 1. The Kier molecular flexibility index (Phi) is 6.25. The number of fused-ring (bicyclic) bond motifs is 4. The zero-order chi connectivity index (χ0) is 31.1. The number of aromatic nitrogens is 4. The summed E-state index contributed by atoms with van der Waals surface area (Å²) in [7, 11) is 3.54. The molecule has 4 N–H and O–H groups in total. The van der Waals surface area contributed by atoms with E-state index in [1.807, 2.05) is 34.7 Å². The molecule has 3 aromatic heterocycles. The molecule has 2 bridgehead atoms. The van der Waals surface area contributed by atoms with Gasteiger partial charge in [0.25, 0.3) is 11.8 Å². The van der Waals surface area contributed by atoms with Gasteiger partial charge in [-0.1, -0.05) is 6.07 Å². The van der Waals surface area contributed by atoms with E-state index in [2.05, 4.69) is 4.57 Å². The Hall–Kier alpha value is -4.77. The highest BCUT2D eigenvalue weighted by molar-refractivity contribution is 6.00. The number of halogens is 1. The summed E-state index contributed by atoms with van der Waals surface area (Å²) >= 11 is 0. The second kappa shape index (κ2) is 10.1. The van der Waals surface area contributed by atoms with Crippen molar-refractivity contribution in [2.45, 2.75) is 44.3 Å². The molecule has 1 saturated heterocycles. The van der Waals surface area contributed by atoms with Crippen molar-refractivity contribution in [2.24, 2.45) is 30.4 Å². The van der Waals surface area contributed by atoms with Crippen molar-refractivity contribution in [3.63, 3.8) is 0 Å². The summed E-state index contributed by atoms with van der Waals surface area (Å²) in [6.45, 7) is 1.42. The Bertz CT molecular complexity index is 2040. The molecule has 10 nitrogen and oxygen atoms in total.